The lowest BCUT2D eigenvalue weighted by Gasteiger charge is -2.09. The number of thiol groups is 1. The van der Waals surface area contributed by atoms with Gasteiger partial charge in [0.1, 0.15) is 12.4 Å². The zero-order valence-corrected chi connectivity index (χ0v) is 8.04. The fraction of sp³-hybridized carbons (Fsp3) is 0.625. The van der Waals surface area contributed by atoms with Crippen LogP contribution in [0.5, 0.6) is 0 Å². The van der Waals surface area contributed by atoms with E-state index >= 15 is 0 Å². The fourth-order valence-corrected chi connectivity index (χ4v) is 1.72. The Morgan fingerprint density at radius 1 is 1.69 bits per heavy atom. The molecule has 0 saturated heterocycles. The molecule has 0 radical (unpaired) electrons. The van der Waals surface area contributed by atoms with E-state index in [1.165, 1.54) is 12.8 Å². The minimum atomic E-state index is 0.245. The van der Waals surface area contributed by atoms with Crippen LogP contribution < -0.4 is 0 Å². The summed E-state index contributed by atoms with van der Waals surface area (Å²) in [5, 5.41) is 12.5. The molecule has 0 aliphatic heterocycles. The van der Waals surface area contributed by atoms with E-state index in [1.54, 1.807) is 11.0 Å². The molecule has 4 nitrogen and oxygen atoms in total. The fourth-order valence-electron chi connectivity index (χ4n) is 1.31. The lowest BCUT2D eigenvalue weighted by atomic mass is 10.1. The minimum absolute atomic E-state index is 0.245. The van der Waals surface area contributed by atoms with Crippen molar-refractivity contribution < 1.29 is 0 Å². The summed E-state index contributed by atoms with van der Waals surface area (Å²) in [6, 6.07) is 1.91. The summed E-state index contributed by atoms with van der Waals surface area (Å²) in [4.78, 5) is 3.85. The van der Waals surface area contributed by atoms with Gasteiger partial charge in [0.2, 0.25) is 0 Å². The molecule has 0 atom stereocenters. The van der Waals surface area contributed by atoms with Gasteiger partial charge in [0.25, 0.3) is 5.82 Å². The van der Waals surface area contributed by atoms with E-state index in [9.17, 15) is 0 Å². The van der Waals surface area contributed by atoms with Gasteiger partial charge in [-0.25, -0.2) is 4.98 Å². The van der Waals surface area contributed by atoms with Gasteiger partial charge in [-0.1, -0.05) is 0 Å². The van der Waals surface area contributed by atoms with Crippen LogP contribution in [-0.2, 0) is 6.54 Å². The first-order valence-corrected chi connectivity index (χ1v) is 4.82. The molecule has 68 valence electrons. The molecule has 1 heterocycles. The van der Waals surface area contributed by atoms with Crippen LogP contribution in [0.1, 0.15) is 18.7 Å². The molecular weight excluding hydrogens is 184 g/mol. The topological polar surface area (TPSA) is 54.5 Å². The second-order valence-electron chi connectivity index (χ2n) is 3.54. The Labute approximate surface area is 82.0 Å². The second kappa shape index (κ2) is 3.04. The zero-order valence-electron chi connectivity index (χ0n) is 7.14. The molecule has 1 aliphatic carbocycles. The quantitative estimate of drug-likeness (QED) is 0.726. The molecule has 0 unspecified atom stereocenters. The van der Waals surface area contributed by atoms with Crippen LogP contribution >= 0.6 is 12.6 Å². The molecule has 0 N–H and O–H groups in total. The SMILES string of the molecule is N#Cc1ncn(CC2(CS)CC2)n1. The van der Waals surface area contributed by atoms with Gasteiger partial charge in [-0.05, 0) is 24.0 Å². The van der Waals surface area contributed by atoms with Gasteiger partial charge >= 0.3 is 0 Å². The van der Waals surface area contributed by atoms with Crippen LogP contribution in [0.15, 0.2) is 6.33 Å². The maximum Gasteiger partial charge on any atom is 0.252 e. The summed E-state index contributed by atoms with van der Waals surface area (Å²) in [5.74, 6) is 1.13. The summed E-state index contributed by atoms with van der Waals surface area (Å²) in [6.07, 6.45) is 4.03. The molecule has 1 saturated carbocycles. The molecule has 5 heteroatoms. The molecule has 1 aliphatic rings. The van der Waals surface area contributed by atoms with Crippen molar-refractivity contribution in [1.82, 2.24) is 14.8 Å². The summed E-state index contributed by atoms with van der Waals surface area (Å²) in [6.45, 7) is 0.838. The van der Waals surface area contributed by atoms with Crippen LogP contribution in [0.4, 0.5) is 0 Å². The Bertz CT molecular complexity index is 347. The first-order chi connectivity index (χ1) is 6.28. The summed E-state index contributed by atoms with van der Waals surface area (Å²) < 4.78 is 1.74. The number of hydrogen-bond acceptors (Lipinski definition) is 4. The molecule has 2 rings (SSSR count). The van der Waals surface area contributed by atoms with Crippen LogP contribution in [0.2, 0.25) is 0 Å². The van der Waals surface area contributed by atoms with Crippen LogP contribution in [0.25, 0.3) is 0 Å². The number of nitriles is 1. The van der Waals surface area contributed by atoms with E-state index in [0.29, 0.717) is 5.41 Å². The van der Waals surface area contributed by atoms with Gasteiger partial charge in [-0.3, -0.25) is 4.68 Å². The largest absolute Gasteiger partial charge is 0.252 e. The normalized spacial score (nSPS) is 18.2. The zero-order chi connectivity index (χ0) is 9.31. The summed E-state index contributed by atoms with van der Waals surface area (Å²) in [7, 11) is 0. The molecule has 0 bridgehead atoms. The van der Waals surface area contributed by atoms with Crippen molar-refractivity contribution in [3.8, 4) is 6.07 Å². The van der Waals surface area contributed by atoms with Gasteiger partial charge in [0.05, 0.1) is 0 Å². The predicted molar refractivity (Wildman–Crippen MR) is 50.3 cm³/mol. The Kier molecular flexibility index (Phi) is 2.00. The number of aromatic nitrogens is 3. The smallest absolute Gasteiger partial charge is 0.251 e. The van der Waals surface area contributed by atoms with E-state index < -0.39 is 0 Å². The highest BCUT2D eigenvalue weighted by Crippen LogP contribution is 2.47. The van der Waals surface area contributed by atoms with E-state index in [-0.39, 0.29) is 5.82 Å². The van der Waals surface area contributed by atoms with Crippen molar-refractivity contribution in [1.29, 1.82) is 5.26 Å². The lowest BCUT2D eigenvalue weighted by Crippen LogP contribution is -2.13. The average Bonchev–Trinajstić information content (AvgIpc) is 2.77. The third-order valence-corrected chi connectivity index (χ3v) is 3.10. The van der Waals surface area contributed by atoms with Crippen molar-refractivity contribution in [2.45, 2.75) is 19.4 Å². The summed E-state index contributed by atoms with van der Waals surface area (Å²) in [5.41, 5.74) is 0.323. The Morgan fingerprint density at radius 2 is 2.46 bits per heavy atom. The molecule has 0 spiro atoms. The van der Waals surface area contributed by atoms with Crippen LogP contribution in [0, 0.1) is 16.7 Å². The maximum absolute atomic E-state index is 8.52. The van der Waals surface area contributed by atoms with Crippen LogP contribution in [0.3, 0.4) is 0 Å². The maximum atomic E-state index is 8.52. The van der Waals surface area contributed by atoms with Crippen molar-refractivity contribution in [2.24, 2.45) is 5.41 Å². The number of hydrogen-bond donors (Lipinski definition) is 1. The van der Waals surface area contributed by atoms with Gasteiger partial charge < -0.3 is 0 Å². The third-order valence-electron chi connectivity index (χ3n) is 2.43. The molecule has 1 fully saturated rings. The van der Waals surface area contributed by atoms with Gasteiger partial charge in [-0.15, -0.1) is 5.10 Å². The van der Waals surface area contributed by atoms with E-state index in [0.717, 1.165) is 12.3 Å². The lowest BCUT2D eigenvalue weighted by molar-refractivity contribution is 0.439. The van der Waals surface area contributed by atoms with Crippen molar-refractivity contribution >= 4 is 12.6 Å². The predicted octanol–water partition coefficient (Wildman–Crippen LogP) is 0.860. The molecule has 0 amide bonds. The highest BCUT2D eigenvalue weighted by molar-refractivity contribution is 7.80. The first kappa shape index (κ1) is 8.57. The third kappa shape index (κ3) is 1.68. The second-order valence-corrected chi connectivity index (χ2v) is 3.85. The summed E-state index contributed by atoms with van der Waals surface area (Å²) >= 11 is 4.30. The molecular formula is C8H10N4S. The Morgan fingerprint density at radius 3 is 2.92 bits per heavy atom. The van der Waals surface area contributed by atoms with Crippen molar-refractivity contribution in [2.75, 3.05) is 5.75 Å². The average molecular weight is 194 g/mol. The molecule has 1 aromatic heterocycles. The monoisotopic (exact) mass is 194 g/mol. The van der Waals surface area contributed by atoms with Crippen molar-refractivity contribution in [3.63, 3.8) is 0 Å². The molecule has 1 aromatic rings. The standard InChI is InChI=1S/C8H10N4S/c9-3-7-10-6-12(11-7)4-8(5-13)1-2-8/h6,13H,1-2,4-5H2. The first-order valence-electron chi connectivity index (χ1n) is 4.18. The van der Waals surface area contributed by atoms with E-state index in [4.69, 9.17) is 5.26 Å². The highest BCUT2D eigenvalue weighted by Gasteiger charge is 2.41. The molecule has 0 aromatic carbocycles. The van der Waals surface area contributed by atoms with E-state index in [2.05, 4.69) is 22.7 Å². The van der Waals surface area contributed by atoms with Crippen molar-refractivity contribution in [3.05, 3.63) is 12.2 Å². The number of nitrogens with zero attached hydrogens (tertiary/aromatic N) is 4. The highest BCUT2D eigenvalue weighted by atomic mass is 32.1. The van der Waals surface area contributed by atoms with Gasteiger partial charge in [0.15, 0.2) is 0 Å². The number of rotatable bonds is 3. The minimum Gasteiger partial charge on any atom is -0.251 e. The van der Waals surface area contributed by atoms with E-state index in [1.807, 2.05) is 6.07 Å². The Hall–Kier alpha value is -1.02. The Balaban J connectivity index is 2.06. The van der Waals surface area contributed by atoms with Gasteiger partial charge in [-0.2, -0.15) is 17.9 Å². The van der Waals surface area contributed by atoms with Gasteiger partial charge in [0, 0.05) is 6.54 Å². The molecule has 13 heavy (non-hydrogen) atoms. The van der Waals surface area contributed by atoms with Crippen LogP contribution in [-0.4, -0.2) is 20.5 Å².